The van der Waals surface area contributed by atoms with Crippen LogP contribution in [0.25, 0.3) is 0 Å². The molecule has 0 radical (unpaired) electrons. The van der Waals surface area contributed by atoms with E-state index in [0.29, 0.717) is 77.2 Å². The molecule has 3 amide bonds. The molecule has 6 atom stereocenters. The van der Waals surface area contributed by atoms with Gasteiger partial charge in [0, 0.05) is 55.5 Å². The number of carbonyl (C=O) groups excluding carboxylic acids is 5. The van der Waals surface area contributed by atoms with Crippen molar-refractivity contribution in [2.24, 2.45) is 32.5 Å². The Bertz CT molecular complexity index is 2500. The van der Waals surface area contributed by atoms with Gasteiger partial charge in [-0.3, -0.25) is 0 Å². The average Bonchev–Trinajstić information content (AvgIpc) is 3.25. The molecule has 3 fully saturated rings. The van der Waals surface area contributed by atoms with E-state index >= 15 is 14.4 Å². The maximum absolute atomic E-state index is 15.3. The summed E-state index contributed by atoms with van der Waals surface area (Å²) >= 11 is 0. The Hall–Kier alpha value is -5.40. The van der Waals surface area contributed by atoms with Gasteiger partial charge in [-0.25, -0.2) is 52.1 Å². The number of amides is 3. The molecule has 77 heavy (non-hydrogen) atoms. The van der Waals surface area contributed by atoms with E-state index in [1.807, 2.05) is 48.5 Å². The molecule has 20 heteroatoms. The van der Waals surface area contributed by atoms with E-state index in [2.05, 4.69) is 70.7 Å². The quantitative estimate of drug-likeness (QED) is 0.0403. The molecule has 0 saturated heterocycles. The maximum atomic E-state index is 15.3. The molecule has 6 unspecified atom stereocenters. The molecule has 0 aromatic carbocycles. The summed E-state index contributed by atoms with van der Waals surface area (Å²) < 4.78 is 36.1. The van der Waals surface area contributed by atoms with Crippen LogP contribution in [0, 0.1) is 32.5 Å². The van der Waals surface area contributed by atoms with Gasteiger partial charge in [-0.15, -0.1) is 0 Å². The number of nitrogens with zero attached hydrogens (tertiary/aromatic N) is 3. The molecule has 3 aliphatic rings. The van der Waals surface area contributed by atoms with Gasteiger partial charge in [0.15, 0.2) is 0 Å². The molecule has 0 aliphatic heterocycles. The van der Waals surface area contributed by atoms with Gasteiger partial charge in [0.05, 0.1) is 6.10 Å². The van der Waals surface area contributed by atoms with Crippen LogP contribution in [0.1, 0.15) is 181 Å². The lowest BCUT2D eigenvalue weighted by Crippen LogP contribution is -2.60. The SMILES string of the molecule is C=C(C)C(=O)OCCOC(=O)NCC1(C)CC(n2c(=O)n(CC3(C)CC(NC(=O)OCCOC(=O)C(=C)C)CC(C)(C)C3)c(=O)n(CC3(C)CC(NC(=O)OC(C)(C)CCCOC(C)C)CC(C)(C)C3)c2=O)CC(C)(C)C1. The zero-order valence-corrected chi connectivity index (χ0v) is 49.2. The van der Waals surface area contributed by atoms with Crippen LogP contribution < -0.4 is 33.0 Å². The van der Waals surface area contributed by atoms with Gasteiger partial charge in [-0.05, 0) is 145 Å². The van der Waals surface area contributed by atoms with Gasteiger partial charge in [-0.1, -0.05) is 75.5 Å². The Morgan fingerprint density at radius 1 is 0.584 bits per heavy atom. The fourth-order valence-corrected chi connectivity index (χ4v) is 13.2. The lowest BCUT2D eigenvalue weighted by molar-refractivity contribution is -0.140. The zero-order chi connectivity index (χ0) is 58.1. The standard InChI is InChI=1S/C57H94N6O14/c1-37(2)43(64)73-21-23-75-45(66)58-34-55(15)30-42(29-53(11,12)31-55)63-49(70)61(35-56(16)27-40(25-51(7,8)32-56)59-46(67)76-24-22-74-44(65)38(3)4)48(69)62(50(63)71)36-57(17)28-41(26-52(9,10)33-57)60-47(68)77-54(13,14)19-18-20-72-39(5)6/h39-42H,1,3,18-36H2,2,4-17H3,(H,58,66)(H,59,67)(H,60,68). The second-order valence-corrected chi connectivity index (χ2v) is 27.0. The molecule has 436 valence electrons. The first kappa shape index (κ1) is 64.1. The Morgan fingerprint density at radius 3 is 1.48 bits per heavy atom. The Morgan fingerprint density at radius 2 is 1.01 bits per heavy atom. The third kappa shape index (κ3) is 19.8. The van der Waals surface area contributed by atoms with Gasteiger partial charge in [-0.2, -0.15) is 0 Å². The molecule has 0 bridgehead atoms. The summed E-state index contributed by atoms with van der Waals surface area (Å²) in [5, 5.41) is 8.92. The number of nitrogens with one attached hydrogen (secondary N) is 3. The van der Waals surface area contributed by atoms with Crippen molar-refractivity contribution in [2.45, 2.75) is 217 Å². The van der Waals surface area contributed by atoms with Crippen molar-refractivity contribution in [3.05, 3.63) is 55.8 Å². The van der Waals surface area contributed by atoms with E-state index in [-0.39, 0.29) is 80.2 Å². The molecule has 3 aliphatic carbocycles. The predicted molar refractivity (Wildman–Crippen MR) is 292 cm³/mol. The van der Waals surface area contributed by atoms with E-state index in [1.165, 1.54) is 27.5 Å². The molecular weight excluding hydrogens is 993 g/mol. The molecule has 1 aromatic rings. The normalized spacial score (nSPS) is 25.6. The molecule has 3 saturated carbocycles. The van der Waals surface area contributed by atoms with Crippen LogP contribution in [0.15, 0.2) is 38.7 Å². The van der Waals surface area contributed by atoms with Crippen molar-refractivity contribution in [1.29, 1.82) is 0 Å². The molecular formula is C57H94N6O14. The highest BCUT2D eigenvalue weighted by atomic mass is 16.6. The first-order chi connectivity index (χ1) is 35.4. The summed E-state index contributed by atoms with van der Waals surface area (Å²) in [5.74, 6) is -1.19. The second-order valence-electron chi connectivity index (χ2n) is 27.0. The monoisotopic (exact) mass is 1090 g/mol. The Kier molecular flexibility index (Phi) is 21.3. The first-order valence-electron chi connectivity index (χ1n) is 27.4. The van der Waals surface area contributed by atoms with E-state index in [1.54, 1.807) is 0 Å². The number of hydrogen-bond donors (Lipinski definition) is 3. The largest absolute Gasteiger partial charge is 0.459 e. The molecule has 20 nitrogen and oxygen atoms in total. The average molecular weight is 1090 g/mol. The number of carbonyl (C=O) groups is 5. The minimum Gasteiger partial charge on any atom is -0.459 e. The van der Waals surface area contributed by atoms with E-state index < -0.39 is 86.6 Å². The van der Waals surface area contributed by atoms with Crippen molar-refractivity contribution >= 4 is 30.2 Å². The van der Waals surface area contributed by atoms with Crippen LogP contribution in [0.2, 0.25) is 0 Å². The van der Waals surface area contributed by atoms with Gasteiger partial charge >= 0.3 is 47.3 Å². The van der Waals surface area contributed by atoms with Crippen LogP contribution in [-0.2, 0) is 51.1 Å². The van der Waals surface area contributed by atoms with Crippen molar-refractivity contribution in [3.63, 3.8) is 0 Å². The number of ether oxygens (including phenoxy) is 6. The molecule has 0 spiro atoms. The third-order valence-corrected chi connectivity index (χ3v) is 14.9. The highest BCUT2D eigenvalue weighted by Crippen LogP contribution is 2.51. The summed E-state index contributed by atoms with van der Waals surface area (Å²) in [6, 6.07) is -1.49. The fraction of sp³-hybridized carbons (Fsp3) is 0.789. The lowest BCUT2D eigenvalue weighted by Gasteiger charge is -2.48. The summed E-state index contributed by atoms with van der Waals surface area (Å²) in [5.41, 5.74) is -5.85. The van der Waals surface area contributed by atoms with Crippen LogP contribution in [0.4, 0.5) is 14.4 Å². The van der Waals surface area contributed by atoms with Crippen molar-refractivity contribution in [2.75, 3.05) is 39.6 Å². The first-order valence-corrected chi connectivity index (χ1v) is 27.4. The number of rotatable bonds is 23. The summed E-state index contributed by atoms with van der Waals surface area (Å²) in [6.07, 6.45) is 3.89. The zero-order valence-electron chi connectivity index (χ0n) is 49.2. The number of hydrogen-bond acceptors (Lipinski definition) is 14. The predicted octanol–water partition coefficient (Wildman–Crippen LogP) is 8.50. The molecule has 4 rings (SSSR count). The van der Waals surface area contributed by atoms with Crippen LogP contribution in [0.3, 0.4) is 0 Å². The highest BCUT2D eigenvalue weighted by molar-refractivity contribution is 5.87. The number of esters is 2. The molecule has 1 heterocycles. The molecule has 3 N–H and O–H groups in total. The van der Waals surface area contributed by atoms with Gasteiger partial charge in [0.2, 0.25) is 0 Å². The maximum Gasteiger partial charge on any atom is 0.407 e. The van der Waals surface area contributed by atoms with Gasteiger partial charge < -0.3 is 44.4 Å². The fourth-order valence-electron chi connectivity index (χ4n) is 13.2. The smallest absolute Gasteiger partial charge is 0.407 e. The van der Waals surface area contributed by atoms with Gasteiger partial charge in [0.1, 0.15) is 32.0 Å². The van der Waals surface area contributed by atoms with Crippen LogP contribution in [-0.4, -0.2) is 107 Å². The second kappa shape index (κ2) is 25.6. The van der Waals surface area contributed by atoms with Crippen LogP contribution in [0.5, 0.6) is 0 Å². The highest BCUT2D eigenvalue weighted by Gasteiger charge is 2.47. The summed E-state index contributed by atoms with van der Waals surface area (Å²) in [6.45, 7) is 36.1. The lowest BCUT2D eigenvalue weighted by atomic mass is 9.62. The van der Waals surface area contributed by atoms with Crippen LogP contribution >= 0.6 is 0 Å². The topological polar surface area (TPSA) is 243 Å². The summed E-state index contributed by atoms with van der Waals surface area (Å²) in [7, 11) is 0. The van der Waals surface area contributed by atoms with Crippen molar-refractivity contribution in [3.8, 4) is 0 Å². The number of aromatic nitrogens is 3. The van der Waals surface area contributed by atoms with E-state index in [0.717, 1.165) is 0 Å². The Balaban J connectivity index is 1.72. The summed E-state index contributed by atoms with van der Waals surface area (Å²) in [4.78, 5) is 109. The van der Waals surface area contributed by atoms with E-state index in [4.69, 9.17) is 28.4 Å². The third-order valence-electron chi connectivity index (χ3n) is 14.9. The van der Waals surface area contributed by atoms with Crippen molar-refractivity contribution in [1.82, 2.24) is 29.7 Å². The Labute approximate surface area is 456 Å². The van der Waals surface area contributed by atoms with E-state index in [9.17, 15) is 24.0 Å². The number of alkyl carbamates (subject to hydrolysis) is 3. The van der Waals surface area contributed by atoms with Crippen molar-refractivity contribution < 1.29 is 52.4 Å². The minimum absolute atomic E-state index is 0.0503. The van der Waals surface area contributed by atoms with Gasteiger partial charge in [0.25, 0.3) is 0 Å². The molecule has 1 aromatic heterocycles. The minimum atomic E-state index is -0.762.